The third-order valence-corrected chi connectivity index (χ3v) is 3.76. The summed E-state index contributed by atoms with van der Waals surface area (Å²) in [5.41, 5.74) is 9.83. The first-order valence-corrected chi connectivity index (χ1v) is 6.64. The van der Waals surface area contributed by atoms with Crippen molar-refractivity contribution in [2.45, 2.75) is 32.1 Å². The molecule has 0 saturated carbocycles. The summed E-state index contributed by atoms with van der Waals surface area (Å²) in [7, 11) is 0. The standard InChI is InChI=1S/C13H21NOS/c1-9-4-10(2)6-12(5-9)13(14)8-16-11(3)7-15/h4-6,11,13,15H,7-8,14H2,1-3H3. The number of rotatable bonds is 5. The summed E-state index contributed by atoms with van der Waals surface area (Å²) >= 11 is 1.72. The van der Waals surface area contributed by atoms with Crippen LogP contribution in [0.5, 0.6) is 0 Å². The van der Waals surface area contributed by atoms with E-state index in [2.05, 4.69) is 32.0 Å². The molecule has 1 aromatic carbocycles. The second-order valence-electron chi connectivity index (χ2n) is 4.35. The van der Waals surface area contributed by atoms with Gasteiger partial charge in [0.2, 0.25) is 0 Å². The van der Waals surface area contributed by atoms with Crippen LogP contribution in [-0.4, -0.2) is 22.7 Å². The molecule has 0 heterocycles. The molecular weight excluding hydrogens is 218 g/mol. The van der Waals surface area contributed by atoms with Crippen molar-refractivity contribution in [1.82, 2.24) is 0 Å². The van der Waals surface area contributed by atoms with Crippen molar-refractivity contribution in [2.24, 2.45) is 5.73 Å². The van der Waals surface area contributed by atoms with Gasteiger partial charge in [-0.2, -0.15) is 11.8 Å². The molecule has 0 spiro atoms. The van der Waals surface area contributed by atoms with Gasteiger partial charge in [-0.3, -0.25) is 0 Å². The van der Waals surface area contributed by atoms with Crippen molar-refractivity contribution < 1.29 is 5.11 Å². The van der Waals surface area contributed by atoms with E-state index in [4.69, 9.17) is 10.8 Å². The number of aliphatic hydroxyl groups is 1. The monoisotopic (exact) mass is 239 g/mol. The molecule has 2 unspecified atom stereocenters. The highest BCUT2D eigenvalue weighted by Gasteiger charge is 2.09. The van der Waals surface area contributed by atoms with Gasteiger partial charge in [0.15, 0.2) is 0 Å². The summed E-state index contributed by atoms with van der Waals surface area (Å²) in [4.78, 5) is 0. The molecule has 3 N–H and O–H groups in total. The fraction of sp³-hybridized carbons (Fsp3) is 0.538. The SMILES string of the molecule is Cc1cc(C)cc(C(N)CSC(C)CO)c1. The summed E-state index contributed by atoms with van der Waals surface area (Å²) in [6.07, 6.45) is 0. The number of aryl methyl sites for hydroxylation is 2. The summed E-state index contributed by atoms with van der Waals surface area (Å²) in [6, 6.07) is 6.49. The van der Waals surface area contributed by atoms with Crippen molar-refractivity contribution in [3.05, 3.63) is 34.9 Å². The van der Waals surface area contributed by atoms with Crippen LogP contribution in [0.2, 0.25) is 0 Å². The van der Waals surface area contributed by atoms with Crippen LogP contribution in [0.1, 0.15) is 29.7 Å². The van der Waals surface area contributed by atoms with Gasteiger partial charge >= 0.3 is 0 Å². The molecule has 0 radical (unpaired) electrons. The van der Waals surface area contributed by atoms with Crippen LogP contribution in [0.15, 0.2) is 18.2 Å². The zero-order valence-corrected chi connectivity index (χ0v) is 11.1. The topological polar surface area (TPSA) is 46.2 Å². The van der Waals surface area contributed by atoms with Crippen LogP contribution in [0, 0.1) is 13.8 Å². The van der Waals surface area contributed by atoms with Crippen molar-refractivity contribution in [3.63, 3.8) is 0 Å². The van der Waals surface area contributed by atoms with E-state index in [0.29, 0.717) is 0 Å². The molecule has 0 amide bonds. The predicted octanol–water partition coefficient (Wildman–Crippen LogP) is 2.42. The highest BCUT2D eigenvalue weighted by atomic mass is 32.2. The minimum absolute atomic E-state index is 0.0533. The second-order valence-corrected chi connectivity index (χ2v) is 5.83. The lowest BCUT2D eigenvalue weighted by Crippen LogP contribution is -2.16. The molecule has 1 aromatic rings. The Hall–Kier alpha value is -0.510. The Balaban J connectivity index is 2.62. The molecule has 0 aliphatic carbocycles. The molecule has 0 aliphatic rings. The maximum absolute atomic E-state index is 8.94. The third kappa shape index (κ3) is 4.16. The van der Waals surface area contributed by atoms with Crippen LogP contribution < -0.4 is 5.73 Å². The molecule has 90 valence electrons. The largest absolute Gasteiger partial charge is 0.395 e. The summed E-state index contributed by atoms with van der Waals surface area (Å²) in [5, 5.41) is 9.21. The van der Waals surface area contributed by atoms with E-state index in [0.717, 1.165) is 5.75 Å². The van der Waals surface area contributed by atoms with Gasteiger partial charge < -0.3 is 10.8 Å². The number of benzene rings is 1. The van der Waals surface area contributed by atoms with Gasteiger partial charge in [-0.1, -0.05) is 36.2 Å². The van der Waals surface area contributed by atoms with Crippen LogP contribution in [-0.2, 0) is 0 Å². The first kappa shape index (κ1) is 13.6. The van der Waals surface area contributed by atoms with Gasteiger partial charge in [-0.15, -0.1) is 0 Å². The minimum Gasteiger partial charge on any atom is -0.395 e. The molecule has 0 saturated heterocycles. The van der Waals surface area contributed by atoms with Crippen molar-refractivity contribution in [3.8, 4) is 0 Å². The van der Waals surface area contributed by atoms with E-state index in [1.165, 1.54) is 16.7 Å². The lowest BCUT2D eigenvalue weighted by molar-refractivity contribution is 0.300. The lowest BCUT2D eigenvalue weighted by atomic mass is 10.0. The first-order valence-electron chi connectivity index (χ1n) is 5.59. The number of aliphatic hydroxyl groups excluding tert-OH is 1. The number of thioether (sulfide) groups is 1. The maximum atomic E-state index is 8.94. The Bertz CT molecular complexity index is 320. The van der Waals surface area contributed by atoms with E-state index in [1.807, 2.05) is 6.92 Å². The number of hydrogen-bond donors (Lipinski definition) is 2. The minimum atomic E-state index is 0.0533. The summed E-state index contributed by atoms with van der Waals surface area (Å²) in [5.74, 6) is 0.852. The van der Waals surface area contributed by atoms with E-state index < -0.39 is 0 Å². The molecule has 0 fully saturated rings. The van der Waals surface area contributed by atoms with Gasteiger partial charge in [-0.25, -0.2) is 0 Å². The second kappa shape index (κ2) is 6.28. The predicted molar refractivity (Wildman–Crippen MR) is 71.9 cm³/mol. The summed E-state index contributed by atoms with van der Waals surface area (Å²) in [6.45, 7) is 6.41. The summed E-state index contributed by atoms with van der Waals surface area (Å²) < 4.78 is 0. The highest BCUT2D eigenvalue weighted by molar-refractivity contribution is 7.99. The normalized spacial score (nSPS) is 14.8. The molecule has 0 aliphatic heterocycles. The van der Waals surface area contributed by atoms with Gasteiger partial charge in [0.1, 0.15) is 0 Å². The first-order chi connectivity index (χ1) is 7.52. The van der Waals surface area contributed by atoms with Gasteiger partial charge in [-0.05, 0) is 19.4 Å². The molecule has 2 atom stereocenters. The smallest absolute Gasteiger partial charge is 0.0547 e. The highest BCUT2D eigenvalue weighted by Crippen LogP contribution is 2.21. The quantitative estimate of drug-likeness (QED) is 0.829. The fourth-order valence-electron chi connectivity index (χ4n) is 1.64. The third-order valence-electron chi connectivity index (χ3n) is 2.49. The van der Waals surface area contributed by atoms with Crippen LogP contribution >= 0.6 is 11.8 Å². The molecule has 3 heteroatoms. The van der Waals surface area contributed by atoms with Crippen molar-refractivity contribution in [1.29, 1.82) is 0 Å². The Labute approximate surface area is 102 Å². The Morgan fingerprint density at radius 1 is 1.25 bits per heavy atom. The van der Waals surface area contributed by atoms with Crippen LogP contribution in [0.3, 0.4) is 0 Å². The number of nitrogens with two attached hydrogens (primary N) is 1. The van der Waals surface area contributed by atoms with E-state index in [9.17, 15) is 0 Å². The average Bonchev–Trinajstić information content (AvgIpc) is 2.23. The zero-order valence-electron chi connectivity index (χ0n) is 10.2. The molecule has 2 nitrogen and oxygen atoms in total. The lowest BCUT2D eigenvalue weighted by Gasteiger charge is -2.15. The molecule has 0 aromatic heterocycles. The van der Waals surface area contributed by atoms with Crippen molar-refractivity contribution >= 4 is 11.8 Å². The van der Waals surface area contributed by atoms with Crippen molar-refractivity contribution in [2.75, 3.05) is 12.4 Å². The molecule has 16 heavy (non-hydrogen) atoms. The van der Waals surface area contributed by atoms with Crippen LogP contribution in [0.25, 0.3) is 0 Å². The van der Waals surface area contributed by atoms with E-state index in [1.54, 1.807) is 11.8 Å². The maximum Gasteiger partial charge on any atom is 0.0547 e. The van der Waals surface area contributed by atoms with Gasteiger partial charge in [0.05, 0.1) is 6.61 Å². The van der Waals surface area contributed by atoms with E-state index in [-0.39, 0.29) is 17.9 Å². The Morgan fingerprint density at radius 3 is 2.31 bits per heavy atom. The Morgan fingerprint density at radius 2 is 1.81 bits per heavy atom. The molecular formula is C13H21NOS. The van der Waals surface area contributed by atoms with E-state index >= 15 is 0 Å². The van der Waals surface area contributed by atoms with Crippen LogP contribution in [0.4, 0.5) is 0 Å². The average molecular weight is 239 g/mol. The molecule has 1 rings (SSSR count). The zero-order chi connectivity index (χ0) is 12.1. The van der Waals surface area contributed by atoms with Gasteiger partial charge in [0.25, 0.3) is 0 Å². The van der Waals surface area contributed by atoms with Gasteiger partial charge in [0, 0.05) is 17.0 Å². The fourth-order valence-corrected chi connectivity index (χ4v) is 2.47. The Kier molecular flexibility index (Phi) is 5.32. The molecule has 0 bridgehead atoms. The number of hydrogen-bond acceptors (Lipinski definition) is 3.